The highest BCUT2D eigenvalue weighted by atomic mass is 16.3. The SMILES string of the molecule is Nc1ncc(CN2CCN(c3ccccc3)C(=O)C2)c2nc(-c3ccco3)nn12. The predicted molar refractivity (Wildman–Crippen MR) is 107 cm³/mol. The Balaban J connectivity index is 1.38. The number of amides is 1. The van der Waals surface area contributed by atoms with Gasteiger partial charge in [0.2, 0.25) is 17.7 Å². The van der Waals surface area contributed by atoms with Crippen molar-refractivity contribution in [3.63, 3.8) is 0 Å². The van der Waals surface area contributed by atoms with E-state index in [2.05, 4.69) is 20.0 Å². The van der Waals surface area contributed by atoms with Crippen molar-refractivity contribution in [3.05, 3.63) is 60.5 Å². The maximum absolute atomic E-state index is 12.7. The fourth-order valence-corrected chi connectivity index (χ4v) is 3.54. The van der Waals surface area contributed by atoms with Crippen LogP contribution in [0, 0.1) is 0 Å². The van der Waals surface area contributed by atoms with E-state index in [1.54, 1.807) is 24.6 Å². The first-order chi connectivity index (χ1) is 14.2. The van der Waals surface area contributed by atoms with Gasteiger partial charge in [0, 0.05) is 37.1 Å². The van der Waals surface area contributed by atoms with Gasteiger partial charge in [-0.1, -0.05) is 18.2 Å². The van der Waals surface area contributed by atoms with Crippen molar-refractivity contribution >= 4 is 23.2 Å². The van der Waals surface area contributed by atoms with E-state index in [0.717, 1.165) is 17.8 Å². The Morgan fingerprint density at radius 2 is 1.97 bits per heavy atom. The lowest BCUT2D eigenvalue weighted by molar-refractivity contribution is -0.121. The second-order valence-corrected chi connectivity index (χ2v) is 6.88. The fraction of sp³-hybridized carbons (Fsp3) is 0.200. The third-order valence-corrected chi connectivity index (χ3v) is 4.97. The van der Waals surface area contributed by atoms with Crippen molar-refractivity contribution in [2.75, 3.05) is 30.3 Å². The van der Waals surface area contributed by atoms with Crippen molar-refractivity contribution in [2.24, 2.45) is 0 Å². The van der Waals surface area contributed by atoms with Crippen LogP contribution in [0.5, 0.6) is 0 Å². The lowest BCUT2D eigenvalue weighted by atomic mass is 10.2. The van der Waals surface area contributed by atoms with Gasteiger partial charge in [-0.15, -0.1) is 5.10 Å². The number of nitrogen functional groups attached to an aromatic ring is 1. The van der Waals surface area contributed by atoms with Crippen LogP contribution in [-0.4, -0.2) is 50.0 Å². The summed E-state index contributed by atoms with van der Waals surface area (Å²) < 4.78 is 6.90. The summed E-state index contributed by atoms with van der Waals surface area (Å²) in [4.78, 5) is 25.4. The van der Waals surface area contributed by atoms with Gasteiger partial charge in [0.1, 0.15) is 0 Å². The Morgan fingerprint density at radius 1 is 1.10 bits per heavy atom. The van der Waals surface area contributed by atoms with Crippen molar-refractivity contribution < 1.29 is 9.21 Å². The Bertz CT molecular complexity index is 1150. The molecule has 1 amide bonds. The molecular formula is C20H19N7O2. The van der Waals surface area contributed by atoms with E-state index in [1.165, 1.54) is 4.52 Å². The maximum atomic E-state index is 12.7. The van der Waals surface area contributed by atoms with E-state index >= 15 is 0 Å². The number of fused-ring (bicyclic) bond motifs is 1. The highest BCUT2D eigenvalue weighted by Gasteiger charge is 2.26. The molecule has 1 aromatic carbocycles. The number of nitrogens with two attached hydrogens (primary N) is 1. The smallest absolute Gasteiger partial charge is 0.241 e. The second-order valence-electron chi connectivity index (χ2n) is 6.88. The normalized spacial score (nSPS) is 15.3. The molecule has 1 fully saturated rings. The molecule has 0 atom stereocenters. The summed E-state index contributed by atoms with van der Waals surface area (Å²) in [7, 11) is 0. The van der Waals surface area contributed by atoms with Crippen molar-refractivity contribution in [1.82, 2.24) is 24.5 Å². The largest absolute Gasteiger partial charge is 0.461 e. The summed E-state index contributed by atoms with van der Waals surface area (Å²) in [5, 5.41) is 4.41. The van der Waals surface area contributed by atoms with Crippen molar-refractivity contribution in [2.45, 2.75) is 6.54 Å². The van der Waals surface area contributed by atoms with Gasteiger partial charge >= 0.3 is 0 Å². The number of carbonyl (C=O) groups excluding carboxylic acids is 1. The van der Waals surface area contributed by atoms with E-state index in [1.807, 2.05) is 35.2 Å². The average molecular weight is 389 g/mol. The molecule has 29 heavy (non-hydrogen) atoms. The van der Waals surface area contributed by atoms with Crippen LogP contribution in [0.4, 0.5) is 11.6 Å². The molecule has 4 heterocycles. The molecule has 0 spiro atoms. The molecule has 9 nitrogen and oxygen atoms in total. The van der Waals surface area contributed by atoms with E-state index < -0.39 is 0 Å². The Labute approximate surface area is 166 Å². The molecule has 3 aromatic heterocycles. The summed E-state index contributed by atoms with van der Waals surface area (Å²) in [5.74, 6) is 1.32. The van der Waals surface area contributed by atoms with Crippen LogP contribution < -0.4 is 10.6 Å². The molecule has 2 N–H and O–H groups in total. The van der Waals surface area contributed by atoms with Crippen LogP contribution in [0.3, 0.4) is 0 Å². The molecule has 1 saturated heterocycles. The van der Waals surface area contributed by atoms with Gasteiger partial charge in [0.25, 0.3) is 0 Å². The minimum absolute atomic E-state index is 0.0691. The molecular weight excluding hydrogens is 370 g/mol. The lowest BCUT2D eigenvalue weighted by Crippen LogP contribution is -2.50. The minimum atomic E-state index is 0.0691. The van der Waals surface area contributed by atoms with Gasteiger partial charge in [0.15, 0.2) is 11.4 Å². The third kappa shape index (κ3) is 3.21. The summed E-state index contributed by atoms with van der Waals surface area (Å²) in [5.41, 5.74) is 8.36. The molecule has 1 aliphatic rings. The van der Waals surface area contributed by atoms with Crippen molar-refractivity contribution in [3.8, 4) is 11.6 Å². The molecule has 0 bridgehead atoms. The molecule has 0 aliphatic carbocycles. The quantitative estimate of drug-likeness (QED) is 0.567. The molecule has 5 rings (SSSR count). The van der Waals surface area contributed by atoms with E-state index in [0.29, 0.717) is 36.9 Å². The predicted octanol–water partition coefficient (Wildman–Crippen LogP) is 1.82. The molecule has 1 aliphatic heterocycles. The maximum Gasteiger partial charge on any atom is 0.241 e. The van der Waals surface area contributed by atoms with Crippen LogP contribution in [0.1, 0.15) is 5.56 Å². The summed E-state index contributed by atoms with van der Waals surface area (Å²) in [6, 6.07) is 13.3. The number of benzene rings is 1. The topological polar surface area (TPSA) is 106 Å². The first-order valence-electron chi connectivity index (χ1n) is 9.31. The number of hydrogen-bond acceptors (Lipinski definition) is 7. The lowest BCUT2D eigenvalue weighted by Gasteiger charge is -2.34. The third-order valence-electron chi connectivity index (χ3n) is 4.97. The minimum Gasteiger partial charge on any atom is -0.461 e. The molecule has 0 saturated carbocycles. The highest BCUT2D eigenvalue weighted by molar-refractivity contribution is 5.95. The first kappa shape index (κ1) is 17.4. The zero-order chi connectivity index (χ0) is 19.8. The zero-order valence-corrected chi connectivity index (χ0v) is 15.6. The van der Waals surface area contributed by atoms with Gasteiger partial charge in [-0.25, -0.2) is 9.97 Å². The number of piperazine rings is 1. The average Bonchev–Trinajstić information content (AvgIpc) is 3.41. The van der Waals surface area contributed by atoms with Gasteiger partial charge in [0.05, 0.1) is 12.8 Å². The van der Waals surface area contributed by atoms with Crippen LogP contribution >= 0.6 is 0 Å². The molecule has 146 valence electrons. The molecule has 0 unspecified atom stereocenters. The standard InChI is InChI=1S/C20H19N7O2/c21-20-22-11-14(19-23-18(24-27(19)20)16-7-4-10-29-16)12-25-8-9-26(17(28)13-25)15-5-2-1-3-6-15/h1-7,10-11H,8-9,12-13H2,(H2,21,22). The summed E-state index contributed by atoms with van der Waals surface area (Å²) in [6.45, 7) is 2.23. The van der Waals surface area contributed by atoms with Crippen LogP contribution in [0.15, 0.2) is 59.3 Å². The van der Waals surface area contributed by atoms with Crippen molar-refractivity contribution in [1.29, 1.82) is 0 Å². The summed E-state index contributed by atoms with van der Waals surface area (Å²) in [6.07, 6.45) is 3.26. The zero-order valence-electron chi connectivity index (χ0n) is 15.6. The second kappa shape index (κ2) is 7.02. The van der Waals surface area contributed by atoms with E-state index in [-0.39, 0.29) is 11.9 Å². The number of nitrogens with zero attached hydrogens (tertiary/aromatic N) is 6. The highest BCUT2D eigenvalue weighted by Crippen LogP contribution is 2.22. The van der Waals surface area contributed by atoms with E-state index in [9.17, 15) is 4.79 Å². The fourth-order valence-electron chi connectivity index (χ4n) is 3.54. The number of anilines is 2. The van der Waals surface area contributed by atoms with Crippen LogP contribution in [0.2, 0.25) is 0 Å². The number of hydrogen-bond donors (Lipinski definition) is 1. The number of carbonyl (C=O) groups is 1. The number of rotatable bonds is 4. The number of para-hydroxylation sites is 1. The number of aromatic nitrogens is 4. The number of furan rings is 1. The van der Waals surface area contributed by atoms with Crippen LogP contribution in [-0.2, 0) is 11.3 Å². The molecule has 9 heteroatoms. The Kier molecular flexibility index (Phi) is 4.21. The van der Waals surface area contributed by atoms with Crippen LogP contribution in [0.25, 0.3) is 17.2 Å². The van der Waals surface area contributed by atoms with Gasteiger partial charge in [-0.05, 0) is 24.3 Å². The van der Waals surface area contributed by atoms with Gasteiger partial charge in [-0.2, -0.15) is 4.52 Å². The monoisotopic (exact) mass is 389 g/mol. The van der Waals surface area contributed by atoms with Gasteiger partial charge in [-0.3, -0.25) is 9.69 Å². The summed E-state index contributed by atoms with van der Waals surface area (Å²) >= 11 is 0. The first-order valence-corrected chi connectivity index (χ1v) is 9.31. The Morgan fingerprint density at radius 3 is 2.72 bits per heavy atom. The molecule has 0 radical (unpaired) electrons. The van der Waals surface area contributed by atoms with Gasteiger partial charge < -0.3 is 15.1 Å². The molecule has 4 aromatic rings. The van der Waals surface area contributed by atoms with E-state index in [4.69, 9.17) is 10.2 Å². The Hall–Kier alpha value is -3.72.